The van der Waals surface area contributed by atoms with Gasteiger partial charge in [0.2, 0.25) is 5.88 Å². The van der Waals surface area contributed by atoms with Crippen LogP contribution in [-0.4, -0.2) is 30.2 Å². The van der Waals surface area contributed by atoms with Crippen molar-refractivity contribution in [3.05, 3.63) is 138 Å². The number of carbonyl (C=O) groups excluding carboxylic acids is 1. The van der Waals surface area contributed by atoms with Gasteiger partial charge in [-0.15, -0.1) is 0 Å². The second kappa shape index (κ2) is 12.6. The standard InChI is InChI=1S/C36H29F3N2O3/c37-36(38,39)24-41(35(42)32-17-8-9-19-33(32)44-26-11-2-1-3-12-26)25-20-21-34(40-23-25)43-22-10-18-31-29-15-6-4-13-27(29)28-14-5-7-16-30(28)31/h1-9,11-17,19-21,23,31H,10,18,22,24H2. The van der Waals surface area contributed by atoms with Gasteiger partial charge in [-0.3, -0.25) is 9.69 Å². The molecule has 222 valence electrons. The van der Waals surface area contributed by atoms with Crippen LogP contribution in [0.25, 0.3) is 11.1 Å². The van der Waals surface area contributed by atoms with Crippen LogP contribution in [-0.2, 0) is 0 Å². The third-order valence-electron chi connectivity index (χ3n) is 7.55. The highest BCUT2D eigenvalue weighted by Crippen LogP contribution is 2.46. The van der Waals surface area contributed by atoms with Gasteiger partial charge in [0.15, 0.2) is 0 Å². The van der Waals surface area contributed by atoms with Crippen molar-refractivity contribution >= 4 is 11.6 Å². The van der Waals surface area contributed by atoms with Gasteiger partial charge in [-0.1, -0.05) is 78.9 Å². The number of benzene rings is 4. The summed E-state index contributed by atoms with van der Waals surface area (Å²) in [7, 11) is 0. The molecule has 1 amide bonds. The third kappa shape index (κ3) is 6.44. The number of carbonyl (C=O) groups is 1. The molecule has 0 N–H and O–H groups in total. The zero-order chi connectivity index (χ0) is 30.5. The molecule has 0 aliphatic heterocycles. The first kappa shape index (κ1) is 29.0. The van der Waals surface area contributed by atoms with E-state index < -0.39 is 18.6 Å². The van der Waals surface area contributed by atoms with E-state index in [-0.39, 0.29) is 28.8 Å². The molecule has 4 aromatic carbocycles. The maximum atomic E-state index is 13.6. The number of hydrogen-bond acceptors (Lipinski definition) is 4. The Morgan fingerprint density at radius 1 is 0.773 bits per heavy atom. The lowest BCUT2D eigenvalue weighted by Crippen LogP contribution is -2.39. The molecule has 0 radical (unpaired) electrons. The molecular formula is C36H29F3N2O3. The normalized spacial score (nSPS) is 12.3. The van der Waals surface area contributed by atoms with E-state index in [1.54, 1.807) is 42.5 Å². The summed E-state index contributed by atoms with van der Waals surface area (Å²) in [5, 5.41) is 0. The zero-order valence-electron chi connectivity index (χ0n) is 23.7. The lowest BCUT2D eigenvalue weighted by molar-refractivity contribution is -0.118. The minimum Gasteiger partial charge on any atom is -0.478 e. The summed E-state index contributed by atoms with van der Waals surface area (Å²) in [6.45, 7) is -1.10. The van der Waals surface area contributed by atoms with E-state index in [4.69, 9.17) is 9.47 Å². The number of para-hydroxylation sites is 2. The highest BCUT2D eigenvalue weighted by atomic mass is 19.4. The smallest absolute Gasteiger partial charge is 0.406 e. The predicted octanol–water partition coefficient (Wildman–Crippen LogP) is 9.05. The maximum absolute atomic E-state index is 13.6. The maximum Gasteiger partial charge on any atom is 0.406 e. The number of pyridine rings is 1. The SMILES string of the molecule is O=C(c1ccccc1Oc1ccccc1)N(CC(F)(F)F)c1ccc(OCCCC2c3ccccc3-c3ccccc32)nc1. The highest BCUT2D eigenvalue weighted by Gasteiger charge is 2.35. The number of fused-ring (bicyclic) bond motifs is 3. The molecule has 44 heavy (non-hydrogen) atoms. The van der Waals surface area contributed by atoms with Crippen LogP contribution in [0.2, 0.25) is 0 Å². The van der Waals surface area contributed by atoms with E-state index in [1.165, 1.54) is 46.6 Å². The molecule has 5 aromatic rings. The van der Waals surface area contributed by atoms with Crippen LogP contribution in [0.1, 0.15) is 40.2 Å². The molecule has 0 spiro atoms. The second-order valence-corrected chi connectivity index (χ2v) is 10.5. The number of ether oxygens (including phenoxy) is 2. The first-order chi connectivity index (χ1) is 21.4. The van der Waals surface area contributed by atoms with E-state index in [0.717, 1.165) is 12.8 Å². The molecule has 0 saturated carbocycles. The van der Waals surface area contributed by atoms with Gasteiger partial charge >= 0.3 is 6.18 Å². The van der Waals surface area contributed by atoms with Gasteiger partial charge in [-0.2, -0.15) is 13.2 Å². The lowest BCUT2D eigenvalue weighted by atomic mass is 9.92. The molecule has 0 fully saturated rings. The summed E-state index contributed by atoms with van der Waals surface area (Å²) in [4.78, 5) is 18.4. The van der Waals surface area contributed by atoms with E-state index in [2.05, 4.69) is 53.5 Å². The molecule has 5 nitrogen and oxygen atoms in total. The molecule has 0 unspecified atom stereocenters. The Labute approximate surface area is 253 Å². The van der Waals surface area contributed by atoms with Crippen LogP contribution in [0.3, 0.4) is 0 Å². The van der Waals surface area contributed by atoms with E-state index in [9.17, 15) is 18.0 Å². The quantitative estimate of drug-likeness (QED) is 0.151. The van der Waals surface area contributed by atoms with Crippen LogP contribution in [0.5, 0.6) is 17.4 Å². The second-order valence-electron chi connectivity index (χ2n) is 10.5. The average Bonchev–Trinajstić information content (AvgIpc) is 3.36. The summed E-state index contributed by atoms with van der Waals surface area (Å²) in [5.41, 5.74) is 5.13. The van der Waals surface area contributed by atoms with Gasteiger partial charge in [-0.25, -0.2) is 4.98 Å². The minimum absolute atomic E-state index is 0.00371. The van der Waals surface area contributed by atoms with Gasteiger partial charge < -0.3 is 9.47 Å². The lowest BCUT2D eigenvalue weighted by Gasteiger charge is -2.25. The topological polar surface area (TPSA) is 51.7 Å². The van der Waals surface area contributed by atoms with Gasteiger partial charge in [0.05, 0.1) is 24.1 Å². The number of aromatic nitrogens is 1. The number of hydrogen-bond donors (Lipinski definition) is 0. The molecule has 0 bridgehead atoms. The third-order valence-corrected chi connectivity index (χ3v) is 7.55. The van der Waals surface area contributed by atoms with Crippen molar-refractivity contribution in [2.45, 2.75) is 24.9 Å². The Kier molecular flexibility index (Phi) is 8.32. The Morgan fingerprint density at radius 2 is 1.41 bits per heavy atom. The fraction of sp³-hybridized carbons (Fsp3) is 0.167. The Bertz CT molecular complexity index is 1690. The largest absolute Gasteiger partial charge is 0.478 e. The highest BCUT2D eigenvalue weighted by molar-refractivity contribution is 6.08. The Morgan fingerprint density at radius 3 is 2.07 bits per heavy atom. The molecule has 1 aromatic heterocycles. The van der Waals surface area contributed by atoms with Gasteiger partial charge in [0.1, 0.15) is 18.0 Å². The number of amides is 1. The van der Waals surface area contributed by atoms with Crippen molar-refractivity contribution in [2.75, 3.05) is 18.1 Å². The molecule has 0 atom stereocenters. The van der Waals surface area contributed by atoms with Crippen LogP contribution < -0.4 is 14.4 Å². The van der Waals surface area contributed by atoms with E-state index in [1.807, 2.05) is 6.07 Å². The van der Waals surface area contributed by atoms with Gasteiger partial charge in [-0.05, 0) is 65.4 Å². The number of anilines is 1. The number of alkyl halides is 3. The number of halogens is 3. The van der Waals surface area contributed by atoms with Crippen LogP contribution in [0.15, 0.2) is 121 Å². The zero-order valence-corrected chi connectivity index (χ0v) is 23.7. The van der Waals surface area contributed by atoms with Gasteiger partial charge in [0, 0.05) is 12.0 Å². The van der Waals surface area contributed by atoms with Crippen molar-refractivity contribution in [3.8, 4) is 28.5 Å². The van der Waals surface area contributed by atoms with Crippen molar-refractivity contribution in [1.82, 2.24) is 4.98 Å². The van der Waals surface area contributed by atoms with Crippen LogP contribution in [0, 0.1) is 0 Å². The summed E-state index contributed by atoms with van der Waals surface area (Å²) >= 11 is 0. The Hall–Kier alpha value is -5.11. The average molecular weight is 595 g/mol. The van der Waals surface area contributed by atoms with E-state index in [0.29, 0.717) is 17.3 Å². The van der Waals surface area contributed by atoms with Crippen molar-refractivity contribution < 1.29 is 27.4 Å². The molecule has 1 heterocycles. The first-order valence-electron chi connectivity index (χ1n) is 14.3. The molecule has 1 aliphatic rings. The molecular weight excluding hydrogens is 565 g/mol. The van der Waals surface area contributed by atoms with Crippen molar-refractivity contribution in [3.63, 3.8) is 0 Å². The van der Waals surface area contributed by atoms with E-state index >= 15 is 0 Å². The minimum atomic E-state index is -4.64. The fourth-order valence-corrected chi connectivity index (χ4v) is 5.61. The van der Waals surface area contributed by atoms with Crippen LogP contribution in [0.4, 0.5) is 18.9 Å². The molecule has 1 aliphatic carbocycles. The summed E-state index contributed by atoms with van der Waals surface area (Å²) < 4.78 is 52.6. The predicted molar refractivity (Wildman–Crippen MR) is 163 cm³/mol. The van der Waals surface area contributed by atoms with Crippen molar-refractivity contribution in [2.24, 2.45) is 0 Å². The molecule has 0 saturated heterocycles. The number of rotatable bonds is 10. The Balaban J connectivity index is 1.13. The van der Waals surface area contributed by atoms with Crippen molar-refractivity contribution in [1.29, 1.82) is 0 Å². The molecule has 8 heteroatoms. The van der Waals surface area contributed by atoms with Crippen LogP contribution >= 0.6 is 0 Å². The summed E-state index contributed by atoms with van der Waals surface area (Å²) in [6.07, 6.45) is -1.78. The monoisotopic (exact) mass is 594 g/mol. The number of nitrogens with zero attached hydrogens (tertiary/aromatic N) is 2. The first-order valence-corrected chi connectivity index (χ1v) is 14.3. The fourth-order valence-electron chi connectivity index (χ4n) is 5.61. The van der Waals surface area contributed by atoms with Gasteiger partial charge in [0.25, 0.3) is 5.91 Å². The summed E-state index contributed by atoms with van der Waals surface area (Å²) in [5.74, 6) is 0.294. The molecule has 6 rings (SSSR count). The summed E-state index contributed by atoms with van der Waals surface area (Å²) in [6, 6.07) is 34.7.